The van der Waals surface area contributed by atoms with Crippen molar-refractivity contribution in [2.24, 2.45) is 4.99 Å². The number of piperazine rings is 1. The van der Waals surface area contributed by atoms with E-state index in [-0.39, 0.29) is 42.4 Å². The molecule has 1 aliphatic rings. The van der Waals surface area contributed by atoms with E-state index in [0.29, 0.717) is 32.7 Å². The largest absolute Gasteiger partial charge is 0.378 e. The Morgan fingerprint density at radius 3 is 2.54 bits per heavy atom. The highest BCUT2D eigenvalue weighted by molar-refractivity contribution is 14.0. The van der Waals surface area contributed by atoms with Crippen LogP contribution in [0.3, 0.4) is 0 Å². The fraction of sp³-hybridized carbons (Fsp3) is 0.765. The van der Waals surface area contributed by atoms with Crippen LogP contribution in [0.15, 0.2) is 17.4 Å². The number of halogens is 1. The van der Waals surface area contributed by atoms with Crippen molar-refractivity contribution in [3.63, 3.8) is 0 Å². The quantitative estimate of drug-likeness (QED) is 0.305. The standard InChI is InChI=1S/C17H32N6O3S.HI/c1-15(2)26-11-12-27(24,25)23-9-7-21(8-10-23)17(18-4)19-5-6-22-14-16(3)13-20-22;/h13-15H,5-12H2,1-4H3,(H,18,19);1H. The zero-order valence-corrected chi connectivity index (χ0v) is 20.3. The molecule has 9 nitrogen and oxygen atoms in total. The van der Waals surface area contributed by atoms with Gasteiger partial charge in [0, 0.05) is 46.0 Å². The molecule has 28 heavy (non-hydrogen) atoms. The van der Waals surface area contributed by atoms with Crippen molar-refractivity contribution >= 4 is 40.0 Å². The van der Waals surface area contributed by atoms with Crippen LogP contribution in [-0.2, 0) is 21.3 Å². The molecule has 162 valence electrons. The molecule has 0 saturated carbocycles. The van der Waals surface area contributed by atoms with Crippen LogP contribution in [0, 0.1) is 6.92 Å². The van der Waals surface area contributed by atoms with Gasteiger partial charge in [0.05, 0.1) is 31.2 Å². The fourth-order valence-corrected chi connectivity index (χ4v) is 4.18. The van der Waals surface area contributed by atoms with Gasteiger partial charge in [-0.05, 0) is 26.3 Å². The van der Waals surface area contributed by atoms with Gasteiger partial charge in [0.1, 0.15) is 0 Å². The van der Waals surface area contributed by atoms with Gasteiger partial charge in [-0.2, -0.15) is 9.40 Å². The molecule has 0 bridgehead atoms. The lowest BCUT2D eigenvalue weighted by Gasteiger charge is -2.35. The van der Waals surface area contributed by atoms with Crippen LogP contribution in [-0.4, -0.2) is 91.6 Å². The zero-order chi connectivity index (χ0) is 19.9. The number of nitrogens with one attached hydrogen (secondary N) is 1. The normalized spacial score (nSPS) is 16.3. The van der Waals surface area contributed by atoms with Gasteiger partial charge in [-0.1, -0.05) is 0 Å². The lowest BCUT2D eigenvalue weighted by molar-refractivity contribution is 0.0904. The number of ether oxygens (including phenoxy) is 1. The van der Waals surface area contributed by atoms with Gasteiger partial charge >= 0.3 is 0 Å². The van der Waals surface area contributed by atoms with Crippen LogP contribution in [0.5, 0.6) is 0 Å². The Morgan fingerprint density at radius 1 is 1.32 bits per heavy atom. The van der Waals surface area contributed by atoms with Crippen LogP contribution in [0.4, 0.5) is 0 Å². The molecule has 1 fully saturated rings. The summed E-state index contributed by atoms with van der Waals surface area (Å²) in [6, 6.07) is 0. The van der Waals surface area contributed by atoms with Crippen molar-refractivity contribution in [3.8, 4) is 0 Å². The zero-order valence-electron chi connectivity index (χ0n) is 17.2. The van der Waals surface area contributed by atoms with E-state index in [1.165, 1.54) is 0 Å². The molecule has 2 heterocycles. The Bertz CT molecular complexity index is 714. The second-order valence-corrected chi connectivity index (χ2v) is 8.96. The van der Waals surface area contributed by atoms with Gasteiger partial charge < -0.3 is 15.0 Å². The second kappa shape index (κ2) is 11.9. The minimum absolute atomic E-state index is 0. The van der Waals surface area contributed by atoms with E-state index >= 15 is 0 Å². The average molecular weight is 528 g/mol. The summed E-state index contributed by atoms with van der Waals surface area (Å²) in [6.45, 7) is 9.65. The smallest absolute Gasteiger partial charge is 0.216 e. The SMILES string of the molecule is CN=C(NCCn1cc(C)cn1)N1CCN(S(=O)(=O)CCOC(C)C)CC1.I. The Kier molecular flexibility index (Phi) is 10.7. The monoisotopic (exact) mass is 528 g/mol. The summed E-state index contributed by atoms with van der Waals surface area (Å²) >= 11 is 0. The first kappa shape index (κ1) is 25.1. The highest BCUT2D eigenvalue weighted by atomic mass is 127. The van der Waals surface area contributed by atoms with Crippen molar-refractivity contribution in [3.05, 3.63) is 18.0 Å². The summed E-state index contributed by atoms with van der Waals surface area (Å²) in [5.41, 5.74) is 1.13. The van der Waals surface area contributed by atoms with E-state index in [1.807, 2.05) is 37.8 Å². The maximum Gasteiger partial charge on any atom is 0.216 e. The summed E-state index contributed by atoms with van der Waals surface area (Å²) in [7, 11) is -1.53. The number of nitrogens with zero attached hydrogens (tertiary/aromatic N) is 5. The molecule has 1 aromatic rings. The van der Waals surface area contributed by atoms with E-state index in [4.69, 9.17) is 4.74 Å². The molecule has 0 amide bonds. The maximum absolute atomic E-state index is 12.4. The van der Waals surface area contributed by atoms with E-state index in [1.54, 1.807) is 11.4 Å². The molecule has 2 rings (SSSR count). The molecule has 0 spiro atoms. The number of rotatable bonds is 8. The first-order valence-corrected chi connectivity index (χ1v) is 11.0. The van der Waals surface area contributed by atoms with Crippen molar-refractivity contribution in [1.29, 1.82) is 0 Å². The summed E-state index contributed by atoms with van der Waals surface area (Å²) < 4.78 is 33.6. The number of aliphatic imine (C=N–C) groups is 1. The van der Waals surface area contributed by atoms with Gasteiger partial charge in [0.15, 0.2) is 5.96 Å². The van der Waals surface area contributed by atoms with Crippen molar-refractivity contribution in [2.45, 2.75) is 33.4 Å². The molecular formula is C17H33IN6O3S. The van der Waals surface area contributed by atoms with E-state index in [9.17, 15) is 8.42 Å². The molecule has 1 N–H and O–H groups in total. The molecule has 0 atom stereocenters. The topological polar surface area (TPSA) is 92.1 Å². The summed E-state index contributed by atoms with van der Waals surface area (Å²) in [5.74, 6) is 0.820. The lowest BCUT2D eigenvalue weighted by Crippen LogP contribution is -2.54. The molecule has 1 saturated heterocycles. The van der Waals surface area contributed by atoms with Crippen LogP contribution < -0.4 is 5.32 Å². The predicted molar refractivity (Wildman–Crippen MR) is 122 cm³/mol. The Balaban J connectivity index is 0.00000392. The van der Waals surface area contributed by atoms with E-state index in [2.05, 4.69) is 20.3 Å². The summed E-state index contributed by atoms with van der Waals surface area (Å²) in [4.78, 5) is 6.41. The van der Waals surface area contributed by atoms with Gasteiger partial charge in [0.2, 0.25) is 10.0 Å². The third kappa shape index (κ3) is 7.84. The average Bonchev–Trinajstić information content (AvgIpc) is 3.03. The van der Waals surface area contributed by atoms with Gasteiger partial charge in [-0.3, -0.25) is 9.67 Å². The predicted octanol–water partition coefficient (Wildman–Crippen LogP) is 0.757. The summed E-state index contributed by atoms with van der Waals surface area (Å²) in [6.07, 6.45) is 3.87. The Hall–Kier alpha value is -0.920. The molecule has 0 radical (unpaired) electrons. The van der Waals surface area contributed by atoms with Crippen LogP contribution in [0.25, 0.3) is 0 Å². The highest BCUT2D eigenvalue weighted by Gasteiger charge is 2.27. The fourth-order valence-electron chi connectivity index (χ4n) is 2.90. The number of hydrogen-bond donors (Lipinski definition) is 1. The Morgan fingerprint density at radius 2 is 2.00 bits per heavy atom. The van der Waals surface area contributed by atoms with Crippen LogP contribution >= 0.6 is 24.0 Å². The highest BCUT2D eigenvalue weighted by Crippen LogP contribution is 2.09. The van der Waals surface area contributed by atoms with Crippen molar-refractivity contribution in [2.75, 3.05) is 52.1 Å². The molecule has 1 aromatic heterocycles. The lowest BCUT2D eigenvalue weighted by atomic mass is 10.4. The molecule has 11 heteroatoms. The maximum atomic E-state index is 12.4. The first-order valence-electron chi connectivity index (χ1n) is 9.36. The molecule has 0 aromatic carbocycles. The van der Waals surface area contributed by atoms with Gasteiger partial charge in [-0.15, -0.1) is 24.0 Å². The van der Waals surface area contributed by atoms with Gasteiger partial charge in [0.25, 0.3) is 0 Å². The van der Waals surface area contributed by atoms with Crippen LogP contribution in [0.1, 0.15) is 19.4 Å². The van der Waals surface area contributed by atoms with Gasteiger partial charge in [-0.25, -0.2) is 8.42 Å². The Labute approximate surface area is 185 Å². The number of aryl methyl sites for hydroxylation is 1. The summed E-state index contributed by atoms with van der Waals surface area (Å²) in [5, 5.41) is 7.59. The minimum atomic E-state index is -3.28. The molecular weight excluding hydrogens is 495 g/mol. The van der Waals surface area contributed by atoms with E-state index in [0.717, 1.165) is 18.1 Å². The third-order valence-corrected chi connectivity index (χ3v) is 6.16. The third-order valence-electron chi connectivity index (χ3n) is 4.32. The number of guanidine groups is 1. The molecule has 1 aliphatic heterocycles. The number of hydrogen-bond acceptors (Lipinski definition) is 5. The number of aromatic nitrogens is 2. The first-order chi connectivity index (χ1) is 12.8. The van der Waals surface area contributed by atoms with E-state index < -0.39 is 10.0 Å². The van der Waals surface area contributed by atoms with Crippen molar-refractivity contribution < 1.29 is 13.2 Å². The van der Waals surface area contributed by atoms with Crippen molar-refractivity contribution in [1.82, 2.24) is 24.3 Å². The van der Waals surface area contributed by atoms with Crippen LogP contribution in [0.2, 0.25) is 0 Å². The molecule has 0 unspecified atom stereocenters. The molecule has 0 aliphatic carbocycles. The second-order valence-electron chi connectivity index (χ2n) is 6.88. The number of sulfonamides is 1. The minimum Gasteiger partial charge on any atom is -0.378 e.